The van der Waals surface area contributed by atoms with Crippen molar-refractivity contribution in [3.63, 3.8) is 0 Å². The Morgan fingerprint density at radius 2 is 1.08 bits per heavy atom. The maximum absolute atomic E-state index is 2.35. The van der Waals surface area contributed by atoms with Crippen LogP contribution in [0.25, 0.3) is 38.6 Å². The van der Waals surface area contributed by atoms with Gasteiger partial charge in [0.2, 0.25) is 0 Å². The molecule has 0 unspecified atom stereocenters. The van der Waals surface area contributed by atoms with Gasteiger partial charge in [0.15, 0.2) is 0 Å². The summed E-state index contributed by atoms with van der Waals surface area (Å²) in [4.78, 5) is 0. The molecular weight excluding hydrogens is 302 g/mol. The van der Waals surface area contributed by atoms with Gasteiger partial charge in [-0.2, -0.15) is 0 Å². The highest BCUT2D eigenvalue weighted by Crippen LogP contribution is 2.34. The molecule has 0 aliphatic rings. The molecule has 0 bridgehead atoms. The first-order valence-corrected chi connectivity index (χ1v) is 8.56. The predicted molar refractivity (Wildman–Crippen MR) is 106 cm³/mol. The molecule has 1 heterocycles. The second-order valence-corrected chi connectivity index (χ2v) is 6.29. The minimum Gasteiger partial charge on any atom is -0.309 e. The van der Waals surface area contributed by atoms with Gasteiger partial charge < -0.3 is 4.57 Å². The van der Waals surface area contributed by atoms with Crippen LogP contribution >= 0.6 is 0 Å². The van der Waals surface area contributed by atoms with Crippen molar-refractivity contribution in [1.29, 1.82) is 0 Å². The van der Waals surface area contributed by atoms with E-state index in [9.17, 15) is 0 Å². The van der Waals surface area contributed by atoms with Crippen molar-refractivity contribution in [3.05, 3.63) is 103 Å². The molecule has 1 aromatic heterocycles. The van der Waals surface area contributed by atoms with Crippen LogP contribution in [-0.4, -0.2) is 4.57 Å². The molecule has 0 N–H and O–H groups in total. The number of nitrogens with zero attached hydrogens (tertiary/aromatic N) is 1. The van der Waals surface area contributed by atoms with Crippen molar-refractivity contribution in [2.75, 3.05) is 0 Å². The number of hydrogen-bond acceptors (Lipinski definition) is 0. The van der Waals surface area contributed by atoms with Crippen LogP contribution in [0.15, 0.2) is 103 Å². The highest BCUT2D eigenvalue weighted by molar-refractivity contribution is 6.10. The van der Waals surface area contributed by atoms with E-state index < -0.39 is 0 Å². The Balaban J connectivity index is 1.86. The first-order chi connectivity index (χ1) is 12.4. The Bertz CT molecular complexity index is 1170. The van der Waals surface area contributed by atoms with Crippen molar-refractivity contribution in [3.8, 4) is 16.8 Å². The highest BCUT2D eigenvalue weighted by atomic mass is 15.0. The molecule has 0 fully saturated rings. The summed E-state index contributed by atoms with van der Waals surface area (Å²) in [6.07, 6.45) is 0. The zero-order chi connectivity index (χ0) is 16.6. The van der Waals surface area contributed by atoms with Gasteiger partial charge in [0.25, 0.3) is 0 Å². The molecule has 0 spiro atoms. The smallest absolute Gasteiger partial charge is 0.0541 e. The fraction of sp³-hybridized carbons (Fsp3) is 0. The fourth-order valence-corrected chi connectivity index (χ4v) is 3.64. The van der Waals surface area contributed by atoms with Crippen LogP contribution in [0.4, 0.5) is 0 Å². The van der Waals surface area contributed by atoms with Crippen LogP contribution in [0.5, 0.6) is 0 Å². The Kier molecular flexibility index (Phi) is 3.17. The first kappa shape index (κ1) is 14.1. The number of rotatable bonds is 2. The van der Waals surface area contributed by atoms with Gasteiger partial charge in [0.1, 0.15) is 0 Å². The van der Waals surface area contributed by atoms with Gasteiger partial charge in [-0.25, -0.2) is 0 Å². The summed E-state index contributed by atoms with van der Waals surface area (Å²) in [5.41, 5.74) is 6.19. The van der Waals surface area contributed by atoms with Gasteiger partial charge in [0, 0.05) is 16.5 Å². The molecule has 25 heavy (non-hydrogen) atoms. The van der Waals surface area contributed by atoms with E-state index >= 15 is 0 Å². The molecule has 1 nitrogen and oxygen atoms in total. The van der Waals surface area contributed by atoms with Crippen molar-refractivity contribution in [2.24, 2.45) is 0 Å². The lowest BCUT2D eigenvalue weighted by Crippen LogP contribution is -1.92. The second-order valence-electron chi connectivity index (χ2n) is 6.29. The Hall–Kier alpha value is -3.32. The van der Waals surface area contributed by atoms with Crippen LogP contribution in [0.2, 0.25) is 0 Å². The predicted octanol–water partition coefficient (Wildman–Crippen LogP) is 6.45. The van der Waals surface area contributed by atoms with E-state index in [0.717, 1.165) is 0 Å². The molecular formula is C24H17N. The third-order valence-electron chi connectivity index (χ3n) is 4.79. The maximum atomic E-state index is 2.35. The molecule has 5 rings (SSSR count). The van der Waals surface area contributed by atoms with Crippen LogP contribution in [-0.2, 0) is 0 Å². The number of benzene rings is 4. The summed E-state index contributed by atoms with van der Waals surface area (Å²) in [5.74, 6) is 0. The minimum absolute atomic E-state index is 1.20. The lowest BCUT2D eigenvalue weighted by molar-refractivity contribution is 1.18. The molecule has 0 aliphatic carbocycles. The molecule has 0 saturated heterocycles. The molecule has 4 aromatic carbocycles. The van der Waals surface area contributed by atoms with E-state index in [-0.39, 0.29) is 0 Å². The van der Waals surface area contributed by atoms with E-state index in [0.29, 0.717) is 0 Å². The third kappa shape index (κ3) is 2.25. The number of hydrogen-bond donors (Lipinski definition) is 0. The minimum atomic E-state index is 1.20. The number of aromatic nitrogens is 1. The summed E-state index contributed by atoms with van der Waals surface area (Å²) in [7, 11) is 0. The molecule has 0 amide bonds. The average Bonchev–Trinajstić information content (AvgIpc) is 3.03. The van der Waals surface area contributed by atoms with Gasteiger partial charge in [-0.05, 0) is 41.5 Å². The van der Waals surface area contributed by atoms with Gasteiger partial charge in [-0.15, -0.1) is 0 Å². The summed E-state index contributed by atoms with van der Waals surface area (Å²) < 4.78 is 2.35. The van der Waals surface area contributed by atoms with Crippen LogP contribution in [0.1, 0.15) is 0 Å². The molecule has 0 aliphatic heterocycles. The van der Waals surface area contributed by atoms with Crippen LogP contribution < -0.4 is 0 Å². The van der Waals surface area contributed by atoms with E-state index in [1.54, 1.807) is 0 Å². The lowest BCUT2D eigenvalue weighted by atomic mass is 10.0. The third-order valence-corrected chi connectivity index (χ3v) is 4.79. The lowest BCUT2D eigenvalue weighted by Gasteiger charge is -2.08. The highest BCUT2D eigenvalue weighted by Gasteiger charge is 2.12. The van der Waals surface area contributed by atoms with Crippen LogP contribution in [0.3, 0.4) is 0 Å². The van der Waals surface area contributed by atoms with Gasteiger partial charge in [-0.1, -0.05) is 72.8 Å². The van der Waals surface area contributed by atoms with E-state index in [4.69, 9.17) is 0 Å². The Labute approximate surface area is 146 Å². The second kappa shape index (κ2) is 5.64. The normalized spacial score (nSPS) is 11.2. The van der Waals surface area contributed by atoms with E-state index in [2.05, 4.69) is 108 Å². The molecule has 0 saturated carbocycles. The number of para-hydroxylation sites is 2. The summed E-state index contributed by atoms with van der Waals surface area (Å²) >= 11 is 0. The molecule has 1 heteroatoms. The Morgan fingerprint density at radius 1 is 0.440 bits per heavy atom. The van der Waals surface area contributed by atoms with E-state index in [1.165, 1.54) is 38.6 Å². The zero-order valence-electron chi connectivity index (χ0n) is 13.8. The zero-order valence-corrected chi connectivity index (χ0v) is 13.8. The quantitative estimate of drug-likeness (QED) is 0.352. The van der Waals surface area contributed by atoms with Gasteiger partial charge in [-0.3, -0.25) is 0 Å². The van der Waals surface area contributed by atoms with Gasteiger partial charge >= 0.3 is 0 Å². The standard InChI is InChI=1S/C24H17N/c1-3-9-18(10-4-1)19-15-16-24-22(17-19)21-13-7-8-14-23(21)25(24)20-11-5-2-6-12-20/h1-17H. The first-order valence-electron chi connectivity index (χ1n) is 8.56. The summed E-state index contributed by atoms with van der Waals surface area (Å²) in [5, 5.41) is 2.58. The van der Waals surface area contributed by atoms with Crippen LogP contribution in [0, 0.1) is 0 Å². The molecule has 5 aromatic rings. The van der Waals surface area contributed by atoms with Crippen molar-refractivity contribution < 1.29 is 0 Å². The summed E-state index contributed by atoms with van der Waals surface area (Å²) in [6.45, 7) is 0. The maximum Gasteiger partial charge on any atom is 0.0541 e. The monoisotopic (exact) mass is 319 g/mol. The molecule has 0 radical (unpaired) electrons. The SMILES string of the molecule is c1ccc(-c2ccc3c(c2)c2ccccc2n3-c2ccccc2)cc1. The largest absolute Gasteiger partial charge is 0.309 e. The summed E-state index contributed by atoms with van der Waals surface area (Å²) in [6, 6.07) is 36.5. The average molecular weight is 319 g/mol. The van der Waals surface area contributed by atoms with Gasteiger partial charge in [0.05, 0.1) is 11.0 Å². The van der Waals surface area contributed by atoms with E-state index in [1.807, 2.05) is 0 Å². The molecule has 118 valence electrons. The van der Waals surface area contributed by atoms with Crippen molar-refractivity contribution in [1.82, 2.24) is 4.57 Å². The molecule has 0 atom stereocenters. The topological polar surface area (TPSA) is 4.93 Å². The van der Waals surface area contributed by atoms with Crippen molar-refractivity contribution in [2.45, 2.75) is 0 Å². The fourth-order valence-electron chi connectivity index (χ4n) is 3.64. The van der Waals surface area contributed by atoms with Crippen molar-refractivity contribution >= 4 is 21.8 Å². The Morgan fingerprint density at radius 3 is 1.88 bits per heavy atom. The number of fused-ring (bicyclic) bond motifs is 3.